The molecule has 2 heterocycles. The molecule has 6 heteroatoms. The average Bonchev–Trinajstić information content (AvgIpc) is 2.69. The fourth-order valence-corrected chi connectivity index (χ4v) is 2.32. The van der Waals surface area contributed by atoms with E-state index in [-0.39, 0.29) is 5.54 Å². The van der Waals surface area contributed by atoms with Gasteiger partial charge in [-0.15, -0.1) is 0 Å². The molecule has 5 nitrogen and oxygen atoms in total. The van der Waals surface area contributed by atoms with Crippen LogP contribution in [0.1, 0.15) is 25.6 Å². The summed E-state index contributed by atoms with van der Waals surface area (Å²) in [7, 11) is 0. The van der Waals surface area contributed by atoms with Gasteiger partial charge < -0.3 is 9.84 Å². The first-order valence-corrected chi connectivity index (χ1v) is 5.78. The smallest absolute Gasteiger partial charge is 0.223 e. The van der Waals surface area contributed by atoms with E-state index < -0.39 is 0 Å². The maximum absolute atomic E-state index is 4.86. The Labute approximate surface area is 92.7 Å². The molecule has 1 aliphatic rings. The van der Waals surface area contributed by atoms with E-state index in [1.807, 2.05) is 0 Å². The van der Waals surface area contributed by atoms with Gasteiger partial charge in [-0.25, -0.2) is 0 Å². The van der Waals surface area contributed by atoms with Crippen LogP contribution in [0, 0.1) is 6.92 Å². The van der Waals surface area contributed by atoms with Crippen molar-refractivity contribution in [3.8, 4) is 0 Å². The summed E-state index contributed by atoms with van der Waals surface area (Å²) in [5.74, 6) is 2.25. The molecule has 82 valence electrons. The highest BCUT2D eigenvalue weighted by atomic mass is 32.2. The van der Waals surface area contributed by atoms with Gasteiger partial charge in [-0.1, -0.05) is 16.9 Å². The van der Waals surface area contributed by atoms with Gasteiger partial charge in [0.25, 0.3) is 0 Å². The molecule has 1 aromatic rings. The van der Waals surface area contributed by atoms with Crippen molar-refractivity contribution in [2.45, 2.75) is 32.9 Å². The number of rotatable bonds is 2. The van der Waals surface area contributed by atoms with Crippen molar-refractivity contribution in [2.24, 2.45) is 4.99 Å². The van der Waals surface area contributed by atoms with Crippen LogP contribution in [0.5, 0.6) is 0 Å². The van der Waals surface area contributed by atoms with Gasteiger partial charge in [-0.05, 0) is 13.8 Å². The topological polar surface area (TPSA) is 63.3 Å². The third kappa shape index (κ3) is 2.71. The highest BCUT2D eigenvalue weighted by Gasteiger charge is 2.27. The summed E-state index contributed by atoms with van der Waals surface area (Å²) in [6.45, 7) is 6.56. The van der Waals surface area contributed by atoms with Crippen LogP contribution < -0.4 is 5.32 Å². The molecule has 1 aromatic heterocycles. The third-order valence-corrected chi connectivity index (χ3v) is 3.32. The van der Waals surface area contributed by atoms with Gasteiger partial charge in [-0.3, -0.25) is 4.99 Å². The van der Waals surface area contributed by atoms with E-state index >= 15 is 0 Å². The Morgan fingerprint density at radius 2 is 2.40 bits per heavy atom. The Morgan fingerprint density at radius 1 is 1.60 bits per heavy atom. The van der Waals surface area contributed by atoms with E-state index in [0.29, 0.717) is 18.3 Å². The summed E-state index contributed by atoms with van der Waals surface area (Å²) in [5.41, 5.74) is 0.136. The van der Waals surface area contributed by atoms with Gasteiger partial charge in [0.2, 0.25) is 5.89 Å². The van der Waals surface area contributed by atoms with E-state index in [9.17, 15) is 0 Å². The summed E-state index contributed by atoms with van der Waals surface area (Å²) in [4.78, 5) is 8.47. The summed E-state index contributed by atoms with van der Waals surface area (Å²) >= 11 is 1.73. The maximum Gasteiger partial charge on any atom is 0.223 e. The minimum atomic E-state index is 0.136. The summed E-state index contributed by atoms with van der Waals surface area (Å²) < 4.78 is 4.86. The first kappa shape index (κ1) is 10.5. The molecule has 0 bridgehead atoms. The molecule has 0 aliphatic carbocycles. The predicted molar refractivity (Wildman–Crippen MR) is 59.8 cm³/mol. The van der Waals surface area contributed by atoms with E-state index in [0.717, 1.165) is 10.9 Å². The lowest BCUT2D eigenvalue weighted by Crippen LogP contribution is -2.36. The highest BCUT2D eigenvalue weighted by Crippen LogP contribution is 2.22. The normalized spacial score (nSPS) is 21.9. The molecule has 1 fully saturated rings. The van der Waals surface area contributed by atoms with E-state index in [1.54, 1.807) is 18.7 Å². The number of nitrogens with zero attached hydrogens (tertiary/aromatic N) is 3. The average molecular weight is 226 g/mol. The molecule has 0 aromatic carbocycles. The summed E-state index contributed by atoms with van der Waals surface area (Å²) in [6, 6.07) is 0. The number of amidine groups is 1. The minimum absolute atomic E-state index is 0.136. The van der Waals surface area contributed by atoms with Gasteiger partial charge in [0.1, 0.15) is 6.54 Å². The Hall–Kier alpha value is -1.04. The number of thioether (sulfide) groups is 1. The fraction of sp³-hybridized carbons (Fsp3) is 0.667. The van der Waals surface area contributed by atoms with Gasteiger partial charge in [-0.2, -0.15) is 4.98 Å². The first-order chi connectivity index (χ1) is 7.05. The third-order valence-electron chi connectivity index (χ3n) is 1.95. The van der Waals surface area contributed by atoms with Crippen LogP contribution in [0.4, 0.5) is 0 Å². The number of hydrogen-bond acceptors (Lipinski definition) is 5. The van der Waals surface area contributed by atoms with Crippen LogP contribution >= 0.6 is 11.8 Å². The quantitative estimate of drug-likeness (QED) is 0.824. The number of aliphatic imine (C=N–C) groups is 1. The van der Waals surface area contributed by atoms with Crippen LogP contribution in [-0.4, -0.2) is 26.6 Å². The largest absolute Gasteiger partial charge is 0.359 e. The summed E-state index contributed by atoms with van der Waals surface area (Å²) in [5, 5.41) is 8.08. The Balaban J connectivity index is 1.95. The van der Waals surface area contributed by atoms with E-state index in [4.69, 9.17) is 4.52 Å². The number of aromatic nitrogens is 2. The zero-order chi connectivity index (χ0) is 10.9. The number of hydrogen-bond donors (Lipinski definition) is 1. The maximum atomic E-state index is 4.86. The molecule has 1 saturated heterocycles. The zero-order valence-corrected chi connectivity index (χ0v) is 9.89. The van der Waals surface area contributed by atoms with Gasteiger partial charge in [0.15, 0.2) is 11.0 Å². The number of nitrogens with one attached hydrogen (secondary N) is 1. The van der Waals surface area contributed by atoms with Crippen molar-refractivity contribution < 1.29 is 4.52 Å². The SMILES string of the molecule is Cc1nc(CN=C2NC(C)(C)CS2)no1. The molecule has 0 saturated carbocycles. The van der Waals surface area contributed by atoms with Crippen molar-refractivity contribution >= 4 is 16.9 Å². The molecule has 0 amide bonds. The van der Waals surface area contributed by atoms with Gasteiger partial charge in [0.05, 0.1) is 0 Å². The molecular weight excluding hydrogens is 212 g/mol. The lowest BCUT2D eigenvalue weighted by Gasteiger charge is -2.15. The Kier molecular flexibility index (Phi) is 2.68. The van der Waals surface area contributed by atoms with Crippen LogP contribution in [0.2, 0.25) is 0 Å². The van der Waals surface area contributed by atoms with E-state index in [1.165, 1.54) is 0 Å². The van der Waals surface area contributed by atoms with E-state index in [2.05, 4.69) is 34.3 Å². The Morgan fingerprint density at radius 3 is 2.93 bits per heavy atom. The van der Waals surface area contributed by atoms with Gasteiger partial charge >= 0.3 is 0 Å². The van der Waals surface area contributed by atoms with Gasteiger partial charge in [0, 0.05) is 18.2 Å². The lowest BCUT2D eigenvalue weighted by atomic mass is 10.1. The standard InChI is InChI=1S/C9H14N4OS/c1-6-11-7(13-14-6)4-10-8-12-9(2,3)5-15-8/h4-5H2,1-3H3,(H,10,12). The molecule has 0 atom stereocenters. The van der Waals surface area contributed by atoms with Crippen molar-refractivity contribution in [2.75, 3.05) is 5.75 Å². The number of aryl methyl sites for hydroxylation is 1. The molecule has 0 spiro atoms. The molecule has 0 unspecified atom stereocenters. The molecule has 2 rings (SSSR count). The van der Waals surface area contributed by atoms with Crippen molar-refractivity contribution in [1.29, 1.82) is 0 Å². The molecule has 1 aliphatic heterocycles. The predicted octanol–water partition coefficient (Wildman–Crippen LogP) is 1.35. The monoisotopic (exact) mass is 226 g/mol. The molecular formula is C9H14N4OS. The zero-order valence-electron chi connectivity index (χ0n) is 9.07. The van der Waals surface area contributed by atoms with Crippen LogP contribution in [0.3, 0.4) is 0 Å². The van der Waals surface area contributed by atoms with Crippen molar-refractivity contribution in [3.63, 3.8) is 0 Å². The molecule has 1 N–H and O–H groups in total. The lowest BCUT2D eigenvalue weighted by molar-refractivity contribution is 0.387. The fourth-order valence-electron chi connectivity index (χ4n) is 1.24. The second-order valence-electron chi connectivity index (χ2n) is 4.15. The minimum Gasteiger partial charge on any atom is -0.359 e. The van der Waals surface area contributed by atoms with Crippen LogP contribution in [-0.2, 0) is 6.54 Å². The molecule has 15 heavy (non-hydrogen) atoms. The first-order valence-electron chi connectivity index (χ1n) is 4.80. The second kappa shape index (κ2) is 3.84. The summed E-state index contributed by atoms with van der Waals surface area (Å²) in [6.07, 6.45) is 0. The molecule has 0 radical (unpaired) electrons. The van der Waals surface area contributed by atoms with Crippen molar-refractivity contribution in [3.05, 3.63) is 11.7 Å². The van der Waals surface area contributed by atoms with Crippen LogP contribution in [0.25, 0.3) is 0 Å². The van der Waals surface area contributed by atoms with Crippen LogP contribution in [0.15, 0.2) is 9.52 Å². The van der Waals surface area contributed by atoms with Crippen molar-refractivity contribution in [1.82, 2.24) is 15.5 Å². The second-order valence-corrected chi connectivity index (χ2v) is 5.11. The Bertz CT molecular complexity index is 385. The highest BCUT2D eigenvalue weighted by molar-refractivity contribution is 8.14.